The number of rotatable bonds is 6. The molecule has 2 aromatic rings. The van der Waals surface area contributed by atoms with Crippen LogP contribution >= 0.6 is 11.6 Å². The fraction of sp³-hybridized carbons (Fsp3) is 0.278. The molecular formula is C18H21ClN2O3S. The first kappa shape index (κ1) is 19.3. The smallest absolute Gasteiger partial charge is 0.243 e. The Hall–Kier alpha value is -2.05. The zero-order chi connectivity index (χ0) is 18.6. The first-order valence-electron chi connectivity index (χ1n) is 7.76. The Kier molecular flexibility index (Phi) is 6.08. The number of nitrogens with zero attached hydrogens (tertiary/aromatic N) is 1. The fourth-order valence-electron chi connectivity index (χ4n) is 2.44. The highest BCUT2D eigenvalue weighted by Gasteiger charge is 2.28. The molecule has 0 bridgehead atoms. The van der Waals surface area contributed by atoms with Gasteiger partial charge >= 0.3 is 0 Å². The lowest BCUT2D eigenvalue weighted by Crippen LogP contribution is -2.47. The monoisotopic (exact) mass is 380 g/mol. The van der Waals surface area contributed by atoms with Gasteiger partial charge in [0.15, 0.2) is 0 Å². The molecule has 1 atom stereocenters. The summed E-state index contributed by atoms with van der Waals surface area (Å²) >= 11 is 5.83. The third-order valence-electron chi connectivity index (χ3n) is 3.76. The maximum atomic E-state index is 12.5. The van der Waals surface area contributed by atoms with Crippen LogP contribution in [0.5, 0.6) is 0 Å². The van der Waals surface area contributed by atoms with Crippen LogP contribution < -0.4 is 9.62 Å². The topological polar surface area (TPSA) is 66.5 Å². The Morgan fingerprint density at radius 3 is 2.20 bits per heavy atom. The van der Waals surface area contributed by atoms with Crippen molar-refractivity contribution in [3.05, 3.63) is 64.7 Å². The lowest BCUT2D eigenvalue weighted by Gasteiger charge is -2.28. The molecule has 0 saturated heterocycles. The normalized spacial score (nSPS) is 12.5. The Morgan fingerprint density at radius 2 is 1.68 bits per heavy atom. The van der Waals surface area contributed by atoms with E-state index in [4.69, 9.17) is 11.6 Å². The van der Waals surface area contributed by atoms with E-state index in [2.05, 4.69) is 5.32 Å². The van der Waals surface area contributed by atoms with Gasteiger partial charge in [0.25, 0.3) is 0 Å². The minimum atomic E-state index is -3.61. The molecule has 0 saturated carbocycles. The van der Waals surface area contributed by atoms with E-state index in [1.54, 1.807) is 31.2 Å². The molecule has 0 heterocycles. The number of amides is 1. The molecule has 0 radical (unpaired) electrons. The lowest BCUT2D eigenvalue weighted by molar-refractivity contribution is -0.122. The van der Waals surface area contributed by atoms with E-state index in [1.165, 1.54) is 0 Å². The molecule has 0 aliphatic rings. The molecule has 5 nitrogen and oxygen atoms in total. The highest BCUT2D eigenvalue weighted by Crippen LogP contribution is 2.21. The van der Waals surface area contributed by atoms with Crippen LogP contribution in [0.25, 0.3) is 0 Å². The van der Waals surface area contributed by atoms with Crippen LogP contribution in [-0.2, 0) is 21.4 Å². The van der Waals surface area contributed by atoms with Crippen molar-refractivity contribution in [3.63, 3.8) is 0 Å². The van der Waals surface area contributed by atoms with Crippen LogP contribution in [0.15, 0.2) is 48.5 Å². The molecular weight excluding hydrogens is 360 g/mol. The molecule has 2 aromatic carbocycles. The van der Waals surface area contributed by atoms with Gasteiger partial charge in [0.1, 0.15) is 6.04 Å². The van der Waals surface area contributed by atoms with Crippen molar-refractivity contribution in [3.8, 4) is 0 Å². The fourth-order valence-corrected chi connectivity index (χ4v) is 3.74. The zero-order valence-electron chi connectivity index (χ0n) is 14.4. The van der Waals surface area contributed by atoms with Gasteiger partial charge in [0.2, 0.25) is 15.9 Å². The molecule has 2 rings (SSSR count). The molecule has 0 fully saturated rings. The third-order valence-corrected chi connectivity index (χ3v) is 5.25. The predicted octanol–water partition coefficient (Wildman–Crippen LogP) is 3.12. The predicted molar refractivity (Wildman–Crippen MR) is 101 cm³/mol. The van der Waals surface area contributed by atoms with Gasteiger partial charge in [0.05, 0.1) is 11.9 Å². The lowest BCUT2D eigenvalue weighted by atomic mass is 10.2. The Bertz CT molecular complexity index is 834. The van der Waals surface area contributed by atoms with Crippen molar-refractivity contribution in [2.75, 3.05) is 10.6 Å². The molecule has 25 heavy (non-hydrogen) atoms. The van der Waals surface area contributed by atoms with Gasteiger partial charge in [-0.25, -0.2) is 8.42 Å². The summed E-state index contributed by atoms with van der Waals surface area (Å²) in [4.78, 5) is 12.5. The van der Waals surface area contributed by atoms with Crippen molar-refractivity contribution < 1.29 is 13.2 Å². The van der Waals surface area contributed by atoms with Crippen LogP contribution in [0, 0.1) is 6.92 Å². The van der Waals surface area contributed by atoms with Gasteiger partial charge in [-0.05, 0) is 43.7 Å². The van der Waals surface area contributed by atoms with E-state index in [9.17, 15) is 13.2 Å². The Morgan fingerprint density at radius 1 is 1.12 bits per heavy atom. The van der Waals surface area contributed by atoms with E-state index in [1.807, 2.05) is 31.2 Å². The summed E-state index contributed by atoms with van der Waals surface area (Å²) in [6, 6.07) is 13.2. The quantitative estimate of drug-likeness (QED) is 0.837. The van der Waals surface area contributed by atoms with E-state index in [-0.39, 0.29) is 5.91 Å². The molecule has 1 amide bonds. The second kappa shape index (κ2) is 7.89. The number of carbonyl (C=O) groups is 1. The van der Waals surface area contributed by atoms with Crippen LogP contribution in [-0.4, -0.2) is 26.6 Å². The SMILES string of the molecule is Cc1ccc(N([C@H](C)C(=O)NCc2ccc(Cl)cc2)S(C)(=O)=O)cc1. The maximum absolute atomic E-state index is 12.5. The van der Waals surface area contributed by atoms with Crippen LogP contribution in [0.2, 0.25) is 5.02 Å². The number of carbonyl (C=O) groups excluding carboxylic acids is 1. The second-order valence-corrected chi connectivity index (χ2v) is 8.21. The summed E-state index contributed by atoms with van der Waals surface area (Å²) in [7, 11) is -3.61. The molecule has 0 aromatic heterocycles. The average Bonchev–Trinajstić information content (AvgIpc) is 2.54. The molecule has 0 aliphatic carbocycles. The number of nitrogens with one attached hydrogen (secondary N) is 1. The molecule has 0 unspecified atom stereocenters. The van der Waals surface area contributed by atoms with Gasteiger partial charge in [-0.1, -0.05) is 41.4 Å². The van der Waals surface area contributed by atoms with Gasteiger partial charge in [-0.2, -0.15) is 0 Å². The van der Waals surface area contributed by atoms with Crippen molar-refractivity contribution in [2.45, 2.75) is 26.4 Å². The summed E-state index contributed by atoms with van der Waals surface area (Å²) in [5, 5.41) is 3.38. The highest BCUT2D eigenvalue weighted by atomic mass is 35.5. The number of halogens is 1. The Balaban J connectivity index is 2.15. The van der Waals surface area contributed by atoms with Crippen LogP contribution in [0.3, 0.4) is 0 Å². The minimum absolute atomic E-state index is 0.297. The maximum Gasteiger partial charge on any atom is 0.243 e. The molecule has 7 heteroatoms. The second-order valence-electron chi connectivity index (χ2n) is 5.91. The average molecular weight is 381 g/mol. The van der Waals surface area contributed by atoms with Crippen molar-refractivity contribution in [2.24, 2.45) is 0 Å². The first-order valence-corrected chi connectivity index (χ1v) is 9.99. The summed E-state index contributed by atoms with van der Waals surface area (Å²) in [5.41, 5.74) is 2.35. The number of hydrogen-bond acceptors (Lipinski definition) is 3. The molecule has 0 spiro atoms. The minimum Gasteiger partial charge on any atom is -0.350 e. The summed E-state index contributed by atoms with van der Waals surface area (Å²) in [6.45, 7) is 3.78. The molecule has 134 valence electrons. The van der Waals surface area contributed by atoms with Gasteiger partial charge in [0, 0.05) is 11.6 Å². The summed E-state index contributed by atoms with van der Waals surface area (Å²) in [6.07, 6.45) is 1.09. The molecule has 1 N–H and O–H groups in total. The van der Waals surface area contributed by atoms with Crippen molar-refractivity contribution >= 4 is 33.2 Å². The van der Waals surface area contributed by atoms with E-state index in [0.29, 0.717) is 17.3 Å². The number of anilines is 1. The van der Waals surface area contributed by atoms with E-state index in [0.717, 1.165) is 21.7 Å². The first-order chi connectivity index (χ1) is 11.7. The van der Waals surface area contributed by atoms with Gasteiger partial charge in [-0.3, -0.25) is 9.10 Å². The standard InChI is InChI=1S/C18H21ClN2O3S/c1-13-4-10-17(11-5-13)21(25(3,23)24)14(2)18(22)20-12-15-6-8-16(19)9-7-15/h4-11,14H,12H2,1-3H3,(H,20,22)/t14-/m1/s1. The van der Waals surface area contributed by atoms with Crippen LogP contribution in [0.1, 0.15) is 18.1 Å². The van der Waals surface area contributed by atoms with Crippen molar-refractivity contribution in [1.82, 2.24) is 5.32 Å². The molecule has 0 aliphatic heterocycles. The van der Waals surface area contributed by atoms with Gasteiger partial charge < -0.3 is 5.32 Å². The van der Waals surface area contributed by atoms with Gasteiger partial charge in [-0.15, -0.1) is 0 Å². The van der Waals surface area contributed by atoms with E-state index < -0.39 is 16.1 Å². The third kappa shape index (κ3) is 5.21. The van der Waals surface area contributed by atoms with Crippen molar-refractivity contribution in [1.29, 1.82) is 0 Å². The number of sulfonamides is 1. The number of aryl methyl sites for hydroxylation is 1. The number of hydrogen-bond donors (Lipinski definition) is 1. The van der Waals surface area contributed by atoms with E-state index >= 15 is 0 Å². The largest absolute Gasteiger partial charge is 0.350 e. The highest BCUT2D eigenvalue weighted by molar-refractivity contribution is 7.92. The number of benzene rings is 2. The summed E-state index contributed by atoms with van der Waals surface area (Å²) in [5.74, 6) is -0.374. The Labute approximate surface area is 153 Å². The zero-order valence-corrected chi connectivity index (χ0v) is 15.9. The summed E-state index contributed by atoms with van der Waals surface area (Å²) < 4.78 is 25.5. The van der Waals surface area contributed by atoms with Crippen LogP contribution in [0.4, 0.5) is 5.69 Å².